The number of nitrogens with one attached hydrogen (secondary N) is 2. The second-order valence-electron chi connectivity index (χ2n) is 5.57. The molecule has 4 nitrogen and oxygen atoms in total. The highest BCUT2D eigenvalue weighted by molar-refractivity contribution is 6.40. The highest BCUT2D eigenvalue weighted by atomic mass is 35.5. The quantitative estimate of drug-likeness (QED) is 0.408. The van der Waals surface area contributed by atoms with Crippen molar-refractivity contribution in [3.05, 3.63) is 59.4 Å². The van der Waals surface area contributed by atoms with Gasteiger partial charge in [-0.3, -0.25) is 15.6 Å². The monoisotopic (exact) mass is 361 g/mol. The molecule has 0 fully saturated rings. The lowest BCUT2D eigenvalue weighted by Gasteiger charge is -2.16. The Morgan fingerprint density at radius 1 is 1.08 bits per heavy atom. The number of benzene rings is 2. The Bertz CT molecular complexity index is 725. The molecule has 0 bridgehead atoms. The van der Waals surface area contributed by atoms with E-state index in [1.165, 1.54) is 24.3 Å². The molecule has 0 aliphatic heterocycles. The van der Waals surface area contributed by atoms with Crippen LogP contribution in [0.15, 0.2) is 53.5 Å². The van der Waals surface area contributed by atoms with Crippen LogP contribution < -0.4 is 10.9 Å². The van der Waals surface area contributed by atoms with E-state index in [0.29, 0.717) is 10.7 Å². The molecule has 2 N–H and O–H groups in total. The molecule has 0 saturated heterocycles. The zero-order valence-corrected chi connectivity index (χ0v) is 15.0. The number of rotatable bonds is 7. The summed E-state index contributed by atoms with van der Waals surface area (Å²) < 4.78 is 13.1. The van der Waals surface area contributed by atoms with Crippen LogP contribution in [0.2, 0.25) is 5.02 Å². The van der Waals surface area contributed by atoms with E-state index in [1.807, 2.05) is 13.8 Å². The van der Waals surface area contributed by atoms with E-state index in [2.05, 4.69) is 15.8 Å². The van der Waals surface area contributed by atoms with Gasteiger partial charge in [0.05, 0.1) is 11.4 Å². The number of hydrazine groups is 1. The first-order chi connectivity index (χ1) is 12.0. The van der Waals surface area contributed by atoms with E-state index >= 15 is 0 Å². The number of Topliss-reactive ketones (excluding diaryl/α,β-unsaturated/α-hetero) is 1. The zero-order chi connectivity index (χ0) is 18.2. The number of nitrogens with zero attached hydrogens (tertiary/aromatic N) is 1. The van der Waals surface area contributed by atoms with Crippen LogP contribution in [0.3, 0.4) is 0 Å². The van der Waals surface area contributed by atoms with Gasteiger partial charge in [-0.05, 0) is 61.4 Å². The lowest BCUT2D eigenvalue weighted by Crippen LogP contribution is -2.38. The maximum atomic E-state index is 13.1. The number of hydrogen-bond donors (Lipinski definition) is 2. The van der Waals surface area contributed by atoms with Crippen molar-refractivity contribution in [3.63, 3.8) is 0 Å². The summed E-state index contributed by atoms with van der Waals surface area (Å²) in [5, 5.41) is 0.624. The van der Waals surface area contributed by atoms with Crippen molar-refractivity contribution in [2.75, 3.05) is 5.43 Å². The van der Waals surface area contributed by atoms with Crippen molar-refractivity contribution in [2.45, 2.75) is 26.7 Å². The molecule has 0 amide bonds. The van der Waals surface area contributed by atoms with Crippen LogP contribution in [0.4, 0.5) is 15.8 Å². The van der Waals surface area contributed by atoms with Crippen LogP contribution in [0.5, 0.6) is 0 Å². The van der Waals surface area contributed by atoms with Crippen molar-refractivity contribution >= 4 is 34.6 Å². The minimum absolute atomic E-state index is 0.0872. The normalized spacial score (nSPS) is 11.5. The van der Waals surface area contributed by atoms with Crippen LogP contribution in [0.1, 0.15) is 26.7 Å². The van der Waals surface area contributed by atoms with Gasteiger partial charge in [0.15, 0.2) is 5.84 Å². The lowest BCUT2D eigenvalue weighted by molar-refractivity contribution is -0.116. The van der Waals surface area contributed by atoms with E-state index in [1.54, 1.807) is 24.3 Å². The number of aliphatic imine (C=N–C) groups is 1. The third-order valence-electron chi connectivity index (χ3n) is 3.83. The Labute approximate surface area is 152 Å². The largest absolute Gasteiger partial charge is 0.300 e. The number of halogens is 2. The summed E-state index contributed by atoms with van der Waals surface area (Å²) in [5.74, 6) is -0.371. The highest BCUT2D eigenvalue weighted by Gasteiger charge is 2.20. The summed E-state index contributed by atoms with van der Waals surface area (Å²) in [6.45, 7) is 3.93. The molecular weight excluding hydrogens is 341 g/mol. The molecule has 2 rings (SSSR count). The zero-order valence-electron chi connectivity index (χ0n) is 14.2. The summed E-state index contributed by atoms with van der Waals surface area (Å²) >= 11 is 5.87. The Balaban J connectivity index is 2.23. The van der Waals surface area contributed by atoms with E-state index < -0.39 is 0 Å². The maximum Gasteiger partial charge on any atom is 0.202 e. The van der Waals surface area contributed by atoms with Crippen molar-refractivity contribution in [3.8, 4) is 0 Å². The molecule has 0 atom stereocenters. The molecule has 0 saturated carbocycles. The SMILES string of the molecule is CCC(CC)C(=O)C(=Nc1ccc(F)cc1)NNc1ccc(Cl)cc1. The Hall–Kier alpha value is -2.40. The highest BCUT2D eigenvalue weighted by Crippen LogP contribution is 2.16. The van der Waals surface area contributed by atoms with Gasteiger partial charge in [0, 0.05) is 10.9 Å². The van der Waals surface area contributed by atoms with Gasteiger partial charge in [0.1, 0.15) is 5.82 Å². The number of hydrogen-bond acceptors (Lipinski definition) is 3. The first kappa shape index (κ1) is 18.9. The second-order valence-corrected chi connectivity index (χ2v) is 6.01. The standard InChI is InChI=1S/C19H21ClFN3O/c1-3-13(4-2)18(25)19(22-16-11-7-15(21)8-12-16)24-23-17-9-5-14(20)6-10-17/h5-13,23H,3-4H2,1-2H3,(H,22,24). The van der Waals surface area contributed by atoms with Crippen LogP contribution >= 0.6 is 11.6 Å². The van der Waals surface area contributed by atoms with Gasteiger partial charge in [0.2, 0.25) is 5.78 Å². The molecule has 132 valence electrons. The minimum Gasteiger partial charge on any atom is -0.300 e. The fraction of sp³-hybridized carbons (Fsp3) is 0.263. The molecule has 6 heteroatoms. The summed E-state index contributed by atoms with van der Waals surface area (Å²) in [7, 11) is 0. The fourth-order valence-electron chi connectivity index (χ4n) is 2.31. The lowest BCUT2D eigenvalue weighted by atomic mass is 9.97. The number of anilines is 1. The topological polar surface area (TPSA) is 53.5 Å². The van der Waals surface area contributed by atoms with Crippen molar-refractivity contribution < 1.29 is 9.18 Å². The Morgan fingerprint density at radius 2 is 1.68 bits per heavy atom. The van der Waals surface area contributed by atoms with E-state index in [9.17, 15) is 9.18 Å². The second kappa shape index (κ2) is 9.18. The molecule has 2 aromatic carbocycles. The average molecular weight is 362 g/mol. The first-order valence-electron chi connectivity index (χ1n) is 8.19. The van der Waals surface area contributed by atoms with Gasteiger partial charge in [-0.25, -0.2) is 9.38 Å². The molecule has 0 unspecified atom stereocenters. The molecule has 0 aromatic heterocycles. The van der Waals surface area contributed by atoms with Gasteiger partial charge < -0.3 is 0 Å². The van der Waals surface area contributed by atoms with Crippen molar-refractivity contribution in [1.82, 2.24) is 5.43 Å². The molecular formula is C19H21ClFN3O. The van der Waals surface area contributed by atoms with Crippen LogP contribution in [-0.4, -0.2) is 11.6 Å². The molecule has 0 aliphatic rings. The van der Waals surface area contributed by atoms with E-state index in [4.69, 9.17) is 11.6 Å². The summed E-state index contributed by atoms with van der Waals surface area (Å²) in [4.78, 5) is 17.1. The first-order valence-corrected chi connectivity index (χ1v) is 8.57. The van der Waals surface area contributed by atoms with Crippen LogP contribution in [-0.2, 0) is 4.79 Å². The van der Waals surface area contributed by atoms with Crippen molar-refractivity contribution in [1.29, 1.82) is 0 Å². The summed E-state index contributed by atoms with van der Waals surface area (Å²) in [6.07, 6.45) is 1.45. The predicted molar refractivity (Wildman–Crippen MR) is 101 cm³/mol. The average Bonchev–Trinajstić information content (AvgIpc) is 2.62. The van der Waals surface area contributed by atoms with E-state index in [-0.39, 0.29) is 23.4 Å². The van der Waals surface area contributed by atoms with Gasteiger partial charge in [0.25, 0.3) is 0 Å². The van der Waals surface area contributed by atoms with Gasteiger partial charge in [-0.1, -0.05) is 25.4 Å². The molecule has 0 radical (unpaired) electrons. The smallest absolute Gasteiger partial charge is 0.202 e. The van der Waals surface area contributed by atoms with Crippen LogP contribution in [0.25, 0.3) is 0 Å². The van der Waals surface area contributed by atoms with Gasteiger partial charge in [-0.2, -0.15) is 0 Å². The number of carbonyl (C=O) groups is 1. The number of ketones is 1. The molecule has 25 heavy (non-hydrogen) atoms. The van der Waals surface area contributed by atoms with E-state index in [0.717, 1.165) is 18.5 Å². The molecule has 2 aromatic rings. The third kappa shape index (κ3) is 5.57. The third-order valence-corrected chi connectivity index (χ3v) is 4.08. The Kier molecular flexibility index (Phi) is 6.95. The summed E-state index contributed by atoms with van der Waals surface area (Å²) in [6, 6.07) is 12.7. The van der Waals surface area contributed by atoms with Crippen molar-refractivity contribution in [2.24, 2.45) is 10.9 Å². The maximum absolute atomic E-state index is 13.1. The van der Waals surface area contributed by atoms with Gasteiger partial charge >= 0.3 is 0 Å². The molecule has 0 heterocycles. The van der Waals surface area contributed by atoms with Gasteiger partial charge in [-0.15, -0.1) is 0 Å². The fourth-order valence-corrected chi connectivity index (χ4v) is 2.43. The predicted octanol–water partition coefficient (Wildman–Crippen LogP) is 5.13. The number of carbonyl (C=O) groups excluding carboxylic acids is 1. The minimum atomic E-state index is -0.348. The Morgan fingerprint density at radius 3 is 2.24 bits per heavy atom. The number of amidine groups is 1. The molecule has 0 aliphatic carbocycles. The summed E-state index contributed by atoms with van der Waals surface area (Å²) in [5.41, 5.74) is 7.08. The molecule has 0 spiro atoms. The van der Waals surface area contributed by atoms with Crippen LogP contribution in [0, 0.1) is 11.7 Å².